The number of hydrogen-bond acceptors (Lipinski definition) is 3. The van der Waals surface area contributed by atoms with E-state index in [4.69, 9.17) is 0 Å². The van der Waals surface area contributed by atoms with Gasteiger partial charge in [0, 0.05) is 30.9 Å². The van der Waals surface area contributed by atoms with Crippen molar-refractivity contribution in [1.29, 1.82) is 0 Å². The fraction of sp³-hybridized carbons (Fsp3) is 0.333. The summed E-state index contributed by atoms with van der Waals surface area (Å²) >= 11 is 1.73. The molecule has 2 amide bonds. The molecule has 1 saturated heterocycles. The molecule has 2 aliphatic rings. The van der Waals surface area contributed by atoms with E-state index in [0.717, 1.165) is 6.42 Å². The molecule has 2 aliphatic heterocycles. The lowest BCUT2D eigenvalue weighted by atomic mass is 10.0. The molecule has 6 heteroatoms. The number of carbonyl (C=O) groups is 2. The van der Waals surface area contributed by atoms with Gasteiger partial charge >= 0.3 is 0 Å². The van der Waals surface area contributed by atoms with Crippen LogP contribution in [0.3, 0.4) is 0 Å². The summed E-state index contributed by atoms with van der Waals surface area (Å²) in [5, 5.41) is 2.05. The molecule has 4 nitrogen and oxygen atoms in total. The number of benzene rings is 1. The minimum Gasteiger partial charge on any atom is -0.338 e. The number of rotatable bonds is 2. The predicted octanol–water partition coefficient (Wildman–Crippen LogP) is 2.83. The van der Waals surface area contributed by atoms with Crippen molar-refractivity contribution >= 4 is 28.8 Å². The van der Waals surface area contributed by atoms with E-state index in [1.165, 1.54) is 21.4 Å². The summed E-state index contributed by atoms with van der Waals surface area (Å²) in [6.45, 7) is 1.56. The highest BCUT2D eigenvalue weighted by Gasteiger charge is 2.38. The molecule has 0 spiro atoms. The second kappa shape index (κ2) is 6.02. The number of anilines is 1. The van der Waals surface area contributed by atoms with Gasteiger partial charge in [-0.1, -0.05) is 12.1 Å². The maximum Gasteiger partial charge on any atom is 0.228 e. The smallest absolute Gasteiger partial charge is 0.228 e. The van der Waals surface area contributed by atoms with Gasteiger partial charge in [0.05, 0.1) is 11.6 Å². The Balaban J connectivity index is 1.49. The van der Waals surface area contributed by atoms with Gasteiger partial charge in [0.25, 0.3) is 0 Å². The van der Waals surface area contributed by atoms with Crippen molar-refractivity contribution in [3.8, 4) is 0 Å². The Labute approximate surface area is 143 Å². The molecule has 1 aromatic heterocycles. The SMILES string of the molecule is O=C(C1CC(=O)N(c2ccccc2F)C1)N1CCc2sccc2C1. The highest BCUT2D eigenvalue weighted by Crippen LogP contribution is 2.30. The van der Waals surface area contributed by atoms with Gasteiger partial charge in [0.2, 0.25) is 11.8 Å². The molecule has 2 aromatic rings. The van der Waals surface area contributed by atoms with E-state index in [1.807, 2.05) is 4.90 Å². The number of para-hydroxylation sites is 1. The fourth-order valence-electron chi connectivity index (χ4n) is 3.47. The van der Waals surface area contributed by atoms with Crippen molar-refractivity contribution in [2.24, 2.45) is 5.92 Å². The second-order valence-electron chi connectivity index (χ2n) is 6.24. The topological polar surface area (TPSA) is 40.6 Å². The summed E-state index contributed by atoms with van der Waals surface area (Å²) in [5.41, 5.74) is 1.46. The Morgan fingerprint density at radius 2 is 2.08 bits per heavy atom. The average molecular weight is 344 g/mol. The normalized spacial score (nSPS) is 20.4. The number of halogens is 1. The number of fused-ring (bicyclic) bond motifs is 1. The molecule has 4 rings (SSSR count). The van der Waals surface area contributed by atoms with Crippen molar-refractivity contribution in [1.82, 2.24) is 4.90 Å². The summed E-state index contributed by atoms with van der Waals surface area (Å²) in [4.78, 5) is 29.6. The molecule has 1 fully saturated rings. The first-order chi connectivity index (χ1) is 11.6. The number of carbonyl (C=O) groups excluding carboxylic acids is 2. The van der Waals surface area contributed by atoms with Crippen molar-refractivity contribution in [2.45, 2.75) is 19.4 Å². The standard InChI is InChI=1S/C18H17FN2O2S/c19-14-3-1-2-4-15(14)21-11-13(9-17(21)22)18(23)20-7-5-16-12(10-20)6-8-24-16/h1-4,6,8,13H,5,7,9-11H2. The van der Waals surface area contributed by atoms with Gasteiger partial charge in [-0.2, -0.15) is 0 Å². The third-order valence-corrected chi connectivity index (χ3v) is 5.76. The van der Waals surface area contributed by atoms with Gasteiger partial charge in [0.1, 0.15) is 5.82 Å². The first-order valence-corrected chi connectivity index (χ1v) is 8.90. The van der Waals surface area contributed by atoms with Gasteiger partial charge < -0.3 is 9.80 Å². The average Bonchev–Trinajstić information content (AvgIpc) is 3.20. The summed E-state index contributed by atoms with van der Waals surface area (Å²) in [7, 11) is 0. The first kappa shape index (κ1) is 15.3. The number of hydrogen-bond donors (Lipinski definition) is 0. The van der Waals surface area contributed by atoms with Gasteiger partial charge in [-0.25, -0.2) is 4.39 Å². The largest absolute Gasteiger partial charge is 0.338 e. The van der Waals surface area contributed by atoms with Crippen LogP contribution in [0.25, 0.3) is 0 Å². The predicted molar refractivity (Wildman–Crippen MR) is 90.3 cm³/mol. The summed E-state index contributed by atoms with van der Waals surface area (Å²) in [6, 6.07) is 8.27. The van der Waals surface area contributed by atoms with Crippen LogP contribution in [0, 0.1) is 11.7 Å². The summed E-state index contributed by atoms with van der Waals surface area (Å²) in [6.07, 6.45) is 1.02. The van der Waals surface area contributed by atoms with E-state index in [0.29, 0.717) is 13.1 Å². The van der Waals surface area contributed by atoms with E-state index in [2.05, 4.69) is 11.4 Å². The molecule has 0 N–H and O–H groups in total. The Morgan fingerprint density at radius 1 is 1.25 bits per heavy atom. The molecule has 1 unspecified atom stereocenters. The zero-order chi connectivity index (χ0) is 16.7. The lowest BCUT2D eigenvalue weighted by Crippen LogP contribution is -2.40. The van der Waals surface area contributed by atoms with Crippen LogP contribution in [-0.2, 0) is 22.6 Å². The molecule has 124 valence electrons. The Bertz CT molecular complexity index is 804. The van der Waals surface area contributed by atoms with Crippen LogP contribution < -0.4 is 4.90 Å². The maximum absolute atomic E-state index is 13.9. The Hall–Kier alpha value is -2.21. The summed E-state index contributed by atoms with van der Waals surface area (Å²) < 4.78 is 13.9. The quantitative estimate of drug-likeness (QED) is 0.841. The first-order valence-electron chi connectivity index (χ1n) is 8.02. The number of thiophene rings is 1. The molecule has 0 saturated carbocycles. The van der Waals surface area contributed by atoms with Gasteiger partial charge in [-0.15, -0.1) is 11.3 Å². The molecule has 24 heavy (non-hydrogen) atoms. The Morgan fingerprint density at radius 3 is 2.92 bits per heavy atom. The van der Waals surface area contributed by atoms with Crippen molar-refractivity contribution < 1.29 is 14.0 Å². The van der Waals surface area contributed by atoms with Crippen LogP contribution >= 0.6 is 11.3 Å². The van der Waals surface area contributed by atoms with Gasteiger partial charge in [0.15, 0.2) is 0 Å². The van der Waals surface area contributed by atoms with Crippen molar-refractivity contribution in [3.63, 3.8) is 0 Å². The van der Waals surface area contributed by atoms with Crippen molar-refractivity contribution in [3.05, 3.63) is 52.0 Å². The van der Waals surface area contributed by atoms with E-state index >= 15 is 0 Å². The van der Waals surface area contributed by atoms with Crippen LogP contribution in [0.15, 0.2) is 35.7 Å². The highest BCUT2D eigenvalue weighted by atomic mass is 32.1. The highest BCUT2D eigenvalue weighted by molar-refractivity contribution is 7.10. The van der Waals surface area contributed by atoms with Crippen molar-refractivity contribution in [2.75, 3.05) is 18.0 Å². The van der Waals surface area contributed by atoms with Crippen LogP contribution in [0.1, 0.15) is 16.9 Å². The number of amides is 2. The minimum atomic E-state index is -0.431. The maximum atomic E-state index is 13.9. The molecule has 1 aromatic carbocycles. The number of nitrogens with zero attached hydrogens (tertiary/aromatic N) is 2. The molecular weight excluding hydrogens is 327 g/mol. The Kier molecular flexibility index (Phi) is 3.84. The zero-order valence-electron chi connectivity index (χ0n) is 13.1. The van der Waals surface area contributed by atoms with Gasteiger partial charge in [-0.05, 0) is 35.6 Å². The molecular formula is C18H17FN2O2S. The van der Waals surface area contributed by atoms with E-state index in [-0.39, 0.29) is 30.5 Å². The van der Waals surface area contributed by atoms with E-state index in [1.54, 1.807) is 29.5 Å². The fourth-order valence-corrected chi connectivity index (χ4v) is 4.36. The van der Waals surface area contributed by atoms with Crippen LogP contribution in [0.2, 0.25) is 0 Å². The third-order valence-electron chi connectivity index (χ3n) is 4.74. The molecule has 3 heterocycles. The lowest BCUT2D eigenvalue weighted by molar-refractivity contribution is -0.136. The molecule has 0 radical (unpaired) electrons. The van der Waals surface area contributed by atoms with Crippen LogP contribution in [-0.4, -0.2) is 29.8 Å². The van der Waals surface area contributed by atoms with E-state index < -0.39 is 11.7 Å². The van der Waals surface area contributed by atoms with Crippen LogP contribution in [0.4, 0.5) is 10.1 Å². The third kappa shape index (κ3) is 2.60. The minimum absolute atomic E-state index is 0.000890. The van der Waals surface area contributed by atoms with Crippen LogP contribution in [0.5, 0.6) is 0 Å². The van der Waals surface area contributed by atoms with Gasteiger partial charge in [-0.3, -0.25) is 9.59 Å². The summed E-state index contributed by atoms with van der Waals surface area (Å²) in [5.74, 6) is -1.01. The monoisotopic (exact) mass is 344 g/mol. The molecule has 1 atom stereocenters. The lowest BCUT2D eigenvalue weighted by Gasteiger charge is -2.29. The zero-order valence-corrected chi connectivity index (χ0v) is 13.9. The molecule has 0 bridgehead atoms. The van der Waals surface area contributed by atoms with E-state index in [9.17, 15) is 14.0 Å². The molecule has 0 aliphatic carbocycles. The second-order valence-corrected chi connectivity index (χ2v) is 7.24.